The van der Waals surface area contributed by atoms with Gasteiger partial charge in [-0.15, -0.1) is 11.3 Å². The quantitative estimate of drug-likeness (QED) is 0.824. The highest BCUT2D eigenvalue weighted by Crippen LogP contribution is 2.33. The van der Waals surface area contributed by atoms with Crippen molar-refractivity contribution in [2.45, 2.75) is 45.8 Å². The van der Waals surface area contributed by atoms with Crippen LogP contribution in [0.2, 0.25) is 0 Å². The van der Waals surface area contributed by atoms with Crippen molar-refractivity contribution in [3.63, 3.8) is 0 Å². The molecule has 130 valence electrons. The van der Waals surface area contributed by atoms with Gasteiger partial charge < -0.3 is 14.2 Å². The molecule has 0 saturated carbocycles. The van der Waals surface area contributed by atoms with E-state index in [1.165, 1.54) is 11.3 Å². The number of rotatable bonds is 5. The van der Waals surface area contributed by atoms with Crippen molar-refractivity contribution in [3.8, 4) is 0 Å². The highest BCUT2D eigenvalue weighted by Gasteiger charge is 2.40. The van der Waals surface area contributed by atoms with E-state index in [0.717, 1.165) is 11.4 Å². The van der Waals surface area contributed by atoms with Crippen molar-refractivity contribution in [1.82, 2.24) is 20.0 Å². The zero-order chi connectivity index (χ0) is 17.3. The second-order valence-electron chi connectivity index (χ2n) is 6.47. The Hall–Kier alpha value is -1.80. The molecule has 1 fully saturated rings. The Balaban J connectivity index is 1.82. The molecule has 1 saturated heterocycles. The van der Waals surface area contributed by atoms with Crippen LogP contribution in [0.25, 0.3) is 0 Å². The molecule has 3 rings (SSSR count). The van der Waals surface area contributed by atoms with Gasteiger partial charge in [0.15, 0.2) is 5.82 Å². The van der Waals surface area contributed by atoms with E-state index in [1.807, 2.05) is 5.38 Å². The Labute approximate surface area is 145 Å². The Morgan fingerprint density at radius 3 is 2.92 bits per heavy atom. The predicted octanol–water partition coefficient (Wildman–Crippen LogP) is 2.64. The molecule has 2 atom stereocenters. The van der Waals surface area contributed by atoms with Gasteiger partial charge in [-0.1, -0.05) is 19.0 Å². The van der Waals surface area contributed by atoms with Gasteiger partial charge in [0.2, 0.25) is 5.89 Å². The number of hydrogen-bond donors (Lipinski definition) is 0. The first kappa shape index (κ1) is 17.0. The van der Waals surface area contributed by atoms with Crippen LogP contribution < -0.4 is 0 Å². The lowest BCUT2D eigenvalue weighted by Gasteiger charge is -2.20. The van der Waals surface area contributed by atoms with Crippen molar-refractivity contribution in [1.29, 1.82) is 0 Å². The van der Waals surface area contributed by atoms with Crippen molar-refractivity contribution in [2.75, 3.05) is 13.7 Å². The summed E-state index contributed by atoms with van der Waals surface area (Å²) in [6.07, 6.45) is 1.48. The predicted molar refractivity (Wildman–Crippen MR) is 88.9 cm³/mol. The van der Waals surface area contributed by atoms with E-state index in [0.29, 0.717) is 36.3 Å². The summed E-state index contributed by atoms with van der Waals surface area (Å²) in [6, 6.07) is -0.265. The van der Waals surface area contributed by atoms with E-state index in [9.17, 15) is 4.79 Å². The number of aromatic nitrogens is 3. The maximum absolute atomic E-state index is 12.9. The Bertz CT molecular complexity index is 712. The molecule has 1 aliphatic heterocycles. The Morgan fingerprint density at radius 2 is 2.29 bits per heavy atom. The lowest BCUT2D eigenvalue weighted by molar-refractivity contribution is 0.0665. The zero-order valence-electron chi connectivity index (χ0n) is 14.4. The lowest BCUT2D eigenvalue weighted by Crippen LogP contribution is -2.32. The van der Waals surface area contributed by atoms with Gasteiger partial charge in [0.05, 0.1) is 11.1 Å². The van der Waals surface area contributed by atoms with E-state index in [2.05, 4.69) is 29.0 Å². The molecule has 1 amide bonds. The van der Waals surface area contributed by atoms with Gasteiger partial charge in [-0.2, -0.15) is 4.98 Å². The molecule has 0 aromatic carbocycles. The summed E-state index contributed by atoms with van der Waals surface area (Å²) in [5, 5.41) is 6.65. The van der Waals surface area contributed by atoms with Crippen LogP contribution in [0.4, 0.5) is 0 Å². The molecule has 2 aromatic heterocycles. The number of thiazole rings is 1. The van der Waals surface area contributed by atoms with E-state index < -0.39 is 0 Å². The molecule has 0 spiro atoms. The second-order valence-corrected chi connectivity index (χ2v) is 7.41. The van der Waals surface area contributed by atoms with Crippen LogP contribution >= 0.6 is 11.3 Å². The molecule has 0 unspecified atom stereocenters. The number of carbonyl (C=O) groups excluding carboxylic acids is 1. The minimum Gasteiger partial charge on any atom is -0.380 e. The first-order valence-corrected chi connectivity index (χ1v) is 8.94. The maximum Gasteiger partial charge on any atom is 0.274 e. The molecule has 0 bridgehead atoms. The van der Waals surface area contributed by atoms with Gasteiger partial charge in [-0.3, -0.25) is 4.79 Å². The number of likely N-dealkylation sites (tertiary alicyclic amines) is 1. The monoisotopic (exact) mass is 350 g/mol. The maximum atomic E-state index is 12.9. The Kier molecular flexibility index (Phi) is 4.96. The largest absolute Gasteiger partial charge is 0.380 e. The number of ether oxygens (including phenoxy) is 1. The van der Waals surface area contributed by atoms with Gasteiger partial charge in [0.25, 0.3) is 5.91 Å². The van der Waals surface area contributed by atoms with Crippen molar-refractivity contribution in [2.24, 2.45) is 5.92 Å². The molecular weight excluding hydrogens is 328 g/mol. The topological polar surface area (TPSA) is 81.4 Å². The number of nitrogens with zero attached hydrogens (tertiary/aromatic N) is 4. The third-order valence-electron chi connectivity index (χ3n) is 4.04. The number of amides is 1. The summed E-state index contributed by atoms with van der Waals surface area (Å²) in [6.45, 7) is 6.54. The van der Waals surface area contributed by atoms with E-state index in [4.69, 9.17) is 9.26 Å². The van der Waals surface area contributed by atoms with Crippen LogP contribution in [0, 0.1) is 12.8 Å². The van der Waals surface area contributed by atoms with E-state index >= 15 is 0 Å². The average molecular weight is 350 g/mol. The van der Waals surface area contributed by atoms with Crippen molar-refractivity contribution in [3.05, 3.63) is 27.8 Å². The van der Waals surface area contributed by atoms with Crippen LogP contribution in [-0.4, -0.2) is 45.7 Å². The first-order valence-electron chi connectivity index (χ1n) is 8.06. The summed E-state index contributed by atoms with van der Waals surface area (Å²) in [5.74, 6) is 1.42. The van der Waals surface area contributed by atoms with Crippen LogP contribution in [0.3, 0.4) is 0 Å². The van der Waals surface area contributed by atoms with Crippen molar-refractivity contribution >= 4 is 17.2 Å². The molecule has 8 heteroatoms. The van der Waals surface area contributed by atoms with Gasteiger partial charge >= 0.3 is 0 Å². The third-order valence-corrected chi connectivity index (χ3v) is 4.91. The van der Waals surface area contributed by atoms with Crippen LogP contribution in [0.5, 0.6) is 0 Å². The zero-order valence-corrected chi connectivity index (χ0v) is 15.2. The average Bonchev–Trinajstić information content (AvgIpc) is 3.24. The van der Waals surface area contributed by atoms with Gasteiger partial charge in [-0.25, -0.2) is 4.98 Å². The minimum absolute atomic E-state index is 0.0417. The standard InChI is InChI=1S/C16H22N4O3S/c1-9(2)5-14-18-12(8-24-14)16(21)20-7-11(22-4)6-13(20)15-17-10(3)19-23-15/h8-9,11,13H,5-7H2,1-4H3/t11-,13-/m1/s1. The number of hydrogen-bond acceptors (Lipinski definition) is 7. The second kappa shape index (κ2) is 6.98. The van der Waals surface area contributed by atoms with Gasteiger partial charge in [0, 0.05) is 31.9 Å². The smallest absolute Gasteiger partial charge is 0.274 e. The molecule has 24 heavy (non-hydrogen) atoms. The Morgan fingerprint density at radius 1 is 1.50 bits per heavy atom. The minimum atomic E-state index is -0.265. The number of methoxy groups -OCH3 is 1. The molecular formula is C16H22N4O3S. The number of carbonyl (C=O) groups is 1. The summed E-state index contributed by atoms with van der Waals surface area (Å²) in [7, 11) is 1.65. The molecule has 1 aliphatic rings. The molecule has 0 aliphatic carbocycles. The van der Waals surface area contributed by atoms with Crippen LogP contribution in [0.1, 0.15) is 53.5 Å². The molecule has 0 N–H and O–H groups in total. The molecule has 3 heterocycles. The molecule has 2 aromatic rings. The lowest BCUT2D eigenvalue weighted by atomic mass is 10.1. The van der Waals surface area contributed by atoms with Crippen LogP contribution in [-0.2, 0) is 11.2 Å². The molecule has 7 nitrogen and oxygen atoms in total. The van der Waals surface area contributed by atoms with Crippen LogP contribution in [0.15, 0.2) is 9.90 Å². The highest BCUT2D eigenvalue weighted by atomic mass is 32.1. The van der Waals surface area contributed by atoms with E-state index in [1.54, 1.807) is 18.9 Å². The number of aryl methyl sites for hydroxylation is 1. The first-order chi connectivity index (χ1) is 11.5. The SMILES string of the molecule is CO[C@@H]1C[C@H](c2nc(C)no2)N(C(=O)c2csc(CC(C)C)n2)C1. The highest BCUT2D eigenvalue weighted by molar-refractivity contribution is 7.09. The van der Waals surface area contributed by atoms with Crippen molar-refractivity contribution < 1.29 is 14.1 Å². The van der Waals surface area contributed by atoms with Gasteiger partial charge in [-0.05, 0) is 12.8 Å². The normalized spacial score (nSPS) is 21.0. The van der Waals surface area contributed by atoms with E-state index in [-0.39, 0.29) is 18.1 Å². The third kappa shape index (κ3) is 3.49. The summed E-state index contributed by atoms with van der Waals surface area (Å²) in [4.78, 5) is 23.4. The van der Waals surface area contributed by atoms with Gasteiger partial charge in [0.1, 0.15) is 11.7 Å². The summed E-state index contributed by atoms with van der Waals surface area (Å²) >= 11 is 1.53. The fraction of sp³-hybridized carbons (Fsp3) is 0.625. The fourth-order valence-electron chi connectivity index (χ4n) is 2.87. The fourth-order valence-corrected chi connectivity index (χ4v) is 3.86. The molecule has 0 radical (unpaired) electrons. The summed E-state index contributed by atoms with van der Waals surface area (Å²) in [5.41, 5.74) is 0.480. The summed E-state index contributed by atoms with van der Waals surface area (Å²) < 4.78 is 10.7.